The van der Waals surface area contributed by atoms with Gasteiger partial charge in [0.25, 0.3) is 11.8 Å². The Morgan fingerprint density at radius 3 is 2.34 bits per heavy atom. The first kappa shape index (κ1) is 20.1. The summed E-state index contributed by atoms with van der Waals surface area (Å²) < 4.78 is 26.3. The zero-order valence-corrected chi connectivity index (χ0v) is 15.3. The first-order chi connectivity index (χ1) is 13.8. The summed E-state index contributed by atoms with van der Waals surface area (Å²) in [5.41, 5.74) is 4.53. The van der Waals surface area contributed by atoms with Crippen LogP contribution in [0.5, 0.6) is 0 Å². The van der Waals surface area contributed by atoms with Crippen LogP contribution in [-0.2, 0) is 15.1 Å². The molecular formula is C19H17F2N5O3. The van der Waals surface area contributed by atoms with E-state index in [9.17, 15) is 23.2 Å². The molecule has 1 aliphatic heterocycles. The van der Waals surface area contributed by atoms with Gasteiger partial charge in [-0.05, 0) is 35.9 Å². The van der Waals surface area contributed by atoms with Crippen LogP contribution < -0.4 is 21.7 Å². The van der Waals surface area contributed by atoms with Crippen LogP contribution in [-0.4, -0.2) is 37.1 Å². The lowest BCUT2D eigenvalue weighted by Gasteiger charge is -2.27. The summed E-state index contributed by atoms with van der Waals surface area (Å²) in [7, 11) is 1.41. The van der Waals surface area contributed by atoms with Gasteiger partial charge < -0.3 is 16.4 Å². The molecule has 1 heterocycles. The molecule has 0 spiro atoms. The van der Waals surface area contributed by atoms with Gasteiger partial charge in [-0.25, -0.2) is 8.78 Å². The fraction of sp³-hybridized carbons (Fsp3) is 0.158. The van der Waals surface area contributed by atoms with E-state index in [1.54, 1.807) is 0 Å². The topological polar surface area (TPSA) is 126 Å². The smallest absolute Gasteiger partial charge is 0.267 e. The molecule has 0 radical (unpaired) electrons. The van der Waals surface area contributed by atoms with E-state index in [0.717, 1.165) is 18.2 Å². The normalized spacial score (nSPS) is 18.1. The average Bonchev–Trinajstić information content (AvgIpc) is 3.16. The van der Waals surface area contributed by atoms with Crippen molar-refractivity contribution < 1.29 is 23.2 Å². The highest BCUT2D eigenvalue weighted by Crippen LogP contribution is 2.28. The second kappa shape index (κ2) is 7.76. The monoisotopic (exact) mass is 401 g/mol. The maximum atomic E-state index is 13.3. The van der Waals surface area contributed by atoms with E-state index in [1.165, 1.54) is 31.3 Å². The van der Waals surface area contributed by atoms with E-state index in [4.69, 9.17) is 5.73 Å². The first-order valence-corrected chi connectivity index (χ1v) is 8.48. The molecule has 0 saturated heterocycles. The Hall–Kier alpha value is -3.66. The molecule has 0 bridgehead atoms. The van der Waals surface area contributed by atoms with Crippen molar-refractivity contribution in [2.45, 2.75) is 5.54 Å². The first-order valence-electron chi connectivity index (χ1n) is 8.48. The van der Waals surface area contributed by atoms with Gasteiger partial charge in [-0.15, -0.1) is 0 Å². The lowest BCUT2D eigenvalue weighted by molar-refractivity contribution is -0.123. The van der Waals surface area contributed by atoms with E-state index in [0.29, 0.717) is 11.3 Å². The van der Waals surface area contributed by atoms with Crippen LogP contribution in [0.1, 0.15) is 15.9 Å². The molecule has 1 unspecified atom stereocenters. The van der Waals surface area contributed by atoms with Gasteiger partial charge in [0.05, 0.1) is 6.67 Å². The minimum atomic E-state index is -1.61. The third-order valence-electron chi connectivity index (χ3n) is 4.51. The Labute approximate surface area is 164 Å². The number of nitrogens with one attached hydrogen (secondary N) is 3. The Morgan fingerprint density at radius 1 is 1.07 bits per heavy atom. The van der Waals surface area contributed by atoms with E-state index < -0.39 is 34.9 Å². The molecule has 0 saturated carbocycles. The number of nitrogens with two attached hydrogens (primary N) is 1. The standard InChI is InChI=1S/C19H17F2N5O3/c1-23-17(28)15-19(18(22)29,25-9-24-15)11-3-5-12(6-4-11)26-16(27)10-2-7-13(20)14(21)8-10/h2-8,25H,9H2,1H3,(H2,22,29)(H,23,28)(H,26,27). The number of hydrogen-bond acceptors (Lipinski definition) is 5. The van der Waals surface area contributed by atoms with Crippen LogP contribution >= 0.6 is 0 Å². The quantitative estimate of drug-likeness (QED) is 0.587. The zero-order chi connectivity index (χ0) is 21.2. The van der Waals surface area contributed by atoms with Crippen molar-refractivity contribution in [3.8, 4) is 0 Å². The molecule has 0 aromatic heterocycles. The molecule has 29 heavy (non-hydrogen) atoms. The number of halogens is 2. The largest absolute Gasteiger partial charge is 0.367 e. The number of aliphatic imine (C=N–C) groups is 1. The van der Waals surface area contributed by atoms with Crippen LogP contribution in [0.2, 0.25) is 0 Å². The lowest BCUT2D eigenvalue weighted by Crippen LogP contribution is -2.58. The van der Waals surface area contributed by atoms with Gasteiger partial charge in [-0.2, -0.15) is 0 Å². The van der Waals surface area contributed by atoms with Crippen molar-refractivity contribution >= 4 is 29.1 Å². The van der Waals surface area contributed by atoms with Gasteiger partial charge >= 0.3 is 0 Å². The number of primary amides is 1. The molecule has 2 aromatic carbocycles. The Bertz CT molecular complexity index is 1020. The summed E-state index contributed by atoms with van der Waals surface area (Å²) in [6.07, 6.45) is 0. The van der Waals surface area contributed by atoms with Gasteiger partial charge in [0.1, 0.15) is 5.71 Å². The SMILES string of the molecule is CNC(=O)C1=NCNC1(C(N)=O)c1ccc(NC(=O)c2ccc(F)c(F)c2)cc1. The molecule has 10 heteroatoms. The summed E-state index contributed by atoms with van der Waals surface area (Å²) in [4.78, 5) is 40.6. The maximum Gasteiger partial charge on any atom is 0.267 e. The number of amides is 3. The highest BCUT2D eigenvalue weighted by Gasteiger charge is 2.49. The number of anilines is 1. The molecule has 3 rings (SSSR count). The molecular weight excluding hydrogens is 384 g/mol. The van der Waals surface area contributed by atoms with Crippen LogP contribution in [0, 0.1) is 11.6 Å². The molecule has 1 atom stereocenters. The van der Waals surface area contributed by atoms with Gasteiger partial charge in [-0.1, -0.05) is 12.1 Å². The molecule has 5 N–H and O–H groups in total. The highest BCUT2D eigenvalue weighted by atomic mass is 19.2. The molecule has 150 valence electrons. The van der Waals surface area contributed by atoms with Crippen molar-refractivity contribution in [3.05, 3.63) is 65.2 Å². The Balaban J connectivity index is 1.86. The summed E-state index contributed by atoms with van der Waals surface area (Å²) in [6.45, 7) is 0.0281. The van der Waals surface area contributed by atoms with Gasteiger partial charge in [-0.3, -0.25) is 24.7 Å². The van der Waals surface area contributed by atoms with Gasteiger partial charge in [0, 0.05) is 18.3 Å². The third kappa shape index (κ3) is 3.57. The average molecular weight is 401 g/mol. The number of carbonyl (C=O) groups excluding carboxylic acids is 3. The van der Waals surface area contributed by atoms with Gasteiger partial charge in [0.15, 0.2) is 17.2 Å². The minimum Gasteiger partial charge on any atom is -0.367 e. The molecule has 3 amide bonds. The van der Waals surface area contributed by atoms with E-state index >= 15 is 0 Å². The summed E-state index contributed by atoms with van der Waals surface area (Å²) in [5, 5.41) is 7.80. The zero-order valence-electron chi connectivity index (χ0n) is 15.3. The third-order valence-corrected chi connectivity index (χ3v) is 4.51. The second-order valence-corrected chi connectivity index (χ2v) is 6.20. The fourth-order valence-electron chi connectivity index (χ4n) is 3.03. The van der Waals surface area contributed by atoms with E-state index in [-0.39, 0.29) is 17.9 Å². The Morgan fingerprint density at radius 2 is 1.76 bits per heavy atom. The second-order valence-electron chi connectivity index (χ2n) is 6.20. The van der Waals surface area contributed by atoms with Gasteiger partial charge in [0.2, 0.25) is 5.91 Å². The van der Waals surface area contributed by atoms with Crippen molar-refractivity contribution in [3.63, 3.8) is 0 Å². The summed E-state index contributed by atoms with van der Waals surface area (Å²) in [6, 6.07) is 8.77. The van der Waals surface area contributed by atoms with Crippen molar-refractivity contribution in [2.75, 3.05) is 19.0 Å². The van der Waals surface area contributed by atoms with Crippen molar-refractivity contribution in [2.24, 2.45) is 10.7 Å². The number of hydrogen-bond donors (Lipinski definition) is 4. The number of nitrogens with zero attached hydrogens (tertiary/aromatic N) is 1. The lowest BCUT2D eigenvalue weighted by atomic mass is 9.84. The molecule has 0 fully saturated rings. The molecule has 1 aliphatic rings. The van der Waals surface area contributed by atoms with E-state index in [1.807, 2.05) is 0 Å². The predicted octanol–water partition coefficient (Wildman–Crippen LogP) is 0.645. The molecule has 2 aromatic rings. The maximum absolute atomic E-state index is 13.3. The molecule has 8 nitrogen and oxygen atoms in total. The van der Waals surface area contributed by atoms with Crippen molar-refractivity contribution in [1.82, 2.24) is 10.6 Å². The van der Waals surface area contributed by atoms with Crippen molar-refractivity contribution in [1.29, 1.82) is 0 Å². The summed E-state index contributed by atoms with van der Waals surface area (Å²) >= 11 is 0. The van der Waals surface area contributed by atoms with Crippen LogP contribution in [0.4, 0.5) is 14.5 Å². The number of rotatable bonds is 5. The van der Waals surface area contributed by atoms with Crippen LogP contribution in [0.25, 0.3) is 0 Å². The fourth-order valence-corrected chi connectivity index (χ4v) is 3.03. The Kier molecular flexibility index (Phi) is 5.37. The van der Waals surface area contributed by atoms with Crippen LogP contribution in [0.3, 0.4) is 0 Å². The summed E-state index contributed by atoms with van der Waals surface area (Å²) in [5.74, 6) is -4.20. The molecule has 0 aliphatic carbocycles. The number of benzene rings is 2. The highest BCUT2D eigenvalue weighted by molar-refractivity contribution is 6.47. The van der Waals surface area contributed by atoms with Crippen LogP contribution in [0.15, 0.2) is 47.5 Å². The minimum absolute atomic E-state index is 0.0281. The van der Waals surface area contributed by atoms with E-state index in [2.05, 4.69) is 20.9 Å². The number of carbonyl (C=O) groups is 3. The predicted molar refractivity (Wildman–Crippen MR) is 101 cm³/mol.